The maximum atomic E-state index is 10.9. The first-order chi connectivity index (χ1) is 7.09. The highest BCUT2D eigenvalue weighted by Gasteiger charge is 2.10. The number of imidazole rings is 1. The van der Waals surface area contributed by atoms with Crippen molar-refractivity contribution in [3.63, 3.8) is 0 Å². The van der Waals surface area contributed by atoms with E-state index in [1.165, 1.54) is 0 Å². The molecule has 1 aromatic heterocycles. The van der Waals surface area contributed by atoms with E-state index in [9.17, 15) is 4.79 Å². The molecule has 15 heavy (non-hydrogen) atoms. The van der Waals surface area contributed by atoms with E-state index >= 15 is 0 Å². The van der Waals surface area contributed by atoms with Crippen LogP contribution < -0.4 is 11.5 Å². The third-order valence-corrected chi connectivity index (χ3v) is 2.31. The molecule has 1 amide bonds. The lowest BCUT2D eigenvalue weighted by Crippen LogP contribution is -2.19. The van der Waals surface area contributed by atoms with E-state index in [0.29, 0.717) is 5.69 Å². The number of carbonyl (C=O) groups excluding carboxylic acids is 1. The van der Waals surface area contributed by atoms with Crippen LogP contribution in [0.4, 0.5) is 5.69 Å². The van der Waals surface area contributed by atoms with Crippen molar-refractivity contribution >= 4 is 22.6 Å². The smallest absolute Gasteiger partial charge is 0.237 e. The Morgan fingerprint density at radius 1 is 1.53 bits per heavy atom. The van der Waals surface area contributed by atoms with Crippen molar-refractivity contribution in [3.05, 3.63) is 24.0 Å². The summed E-state index contributed by atoms with van der Waals surface area (Å²) in [5, 5.41) is 0. The van der Waals surface area contributed by atoms with E-state index in [1.807, 2.05) is 19.1 Å². The molecular formula is C10H12N4O. The molecule has 0 bridgehead atoms. The second-order valence-electron chi connectivity index (χ2n) is 3.43. The van der Waals surface area contributed by atoms with Crippen LogP contribution in [-0.2, 0) is 11.3 Å². The molecule has 0 fully saturated rings. The summed E-state index contributed by atoms with van der Waals surface area (Å²) < 4.78 is 1.76. The van der Waals surface area contributed by atoms with Crippen molar-refractivity contribution in [2.75, 3.05) is 5.73 Å². The zero-order valence-corrected chi connectivity index (χ0v) is 8.40. The number of fused-ring (bicyclic) bond motifs is 1. The quantitative estimate of drug-likeness (QED) is 0.694. The maximum absolute atomic E-state index is 10.9. The lowest BCUT2D eigenvalue weighted by atomic mass is 10.3. The number of hydrogen-bond acceptors (Lipinski definition) is 3. The summed E-state index contributed by atoms with van der Waals surface area (Å²) in [7, 11) is 0. The fourth-order valence-electron chi connectivity index (χ4n) is 1.64. The molecule has 5 nitrogen and oxygen atoms in total. The molecule has 2 rings (SSSR count). The predicted octanol–water partition coefficient (Wildman–Crippen LogP) is 0.412. The van der Waals surface area contributed by atoms with E-state index in [2.05, 4.69) is 4.98 Å². The minimum absolute atomic E-state index is 0.131. The summed E-state index contributed by atoms with van der Waals surface area (Å²) >= 11 is 0. The average Bonchev–Trinajstić information content (AvgIpc) is 2.45. The number of primary amides is 1. The molecule has 0 saturated carbocycles. The number of nitrogen functional groups attached to an aromatic ring is 1. The molecule has 0 saturated heterocycles. The van der Waals surface area contributed by atoms with Gasteiger partial charge in [0, 0.05) is 0 Å². The van der Waals surface area contributed by atoms with Crippen LogP contribution in [0.5, 0.6) is 0 Å². The fourth-order valence-corrected chi connectivity index (χ4v) is 1.64. The monoisotopic (exact) mass is 204 g/mol. The average molecular weight is 204 g/mol. The van der Waals surface area contributed by atoms with Gasteiger partial charge in [-0.05, 0) is 19.1 Å². The number of para-hydroxylation sites is 1. The molecule has 5 heteroatoms. The summed E-state index contributed by atoms with van der Waals surface area (Å²) in [6.45, 7) is 1.95. The van der Waals surface area contributed by atoms with Gasteiger partial charge in [0.2, 0.25) is 5.91 Å². The molecule has 0 aliphatic heterocycles. The Hall–Kier alpha value is -2.04. The zero-order valence-electron chi connectivity index (χ0n) is 8.40. The van der Waals surface area contributed by atoms with Crippen LogP contribution in [0.15, 0.2) is 18.2 Å². The largest absolute Gasteiger partial charge is 0.397 e. The highest BCUT2D eigenvalue weighted by atomic mass is 16.1. The number of benzene rings is 1. The van der Waals surface area contributed by atoms with Gasteiger partial charge >= 0.3 is 0 Å². The lowest BCUT2D eigenvalue weighted by molar-refractivity contribution is -0.118. The van der Waals surface area contributed by atoms with Gasteiger partial charge in [0.05, 0.1) is 11.2 Å². The van der Waals surface area contributed by atoms with Crippen molar-refractivity contribution in [2.24, 2.45) is 5.73 Å². The number of anilines is 1. The molecule has 0 radical (unpaired) electrons. The van der Waals surface area contributed by atoms with Gasteiger partial charge in [-0.25, -0.2) is 4.98 Å². The third kappa shape index (κ3) is 1.52. The Morgan fingerprint density at radius 3 is 2.93 bits per heavy atom. The molecule has 1 heterocycles. The number of nitrogens with two attached hydrogens (primary N) is 2. The van der Waals surface area contributed by atoms with Gasteiger partial charge in [0.15, 0.2) is 0 Å². The number of aryl methyl sites for hydroxylation is 1. The lowest BCUT2D eigenvalue weighted by Gasteiger charge is -2.02. The van der Waals surface area contributed by atoms with Gasteiger partial charge in [-0.1, -0.05) is 6.07 Å². The second-order valence-corrected chi connectivity index (χ2v) is 3.43. The van der Waals surface area contributed by atoms with E-state index in [0.717, 1.165) is 16.9 Å². The van der Waals surface area contributed by atoms with Crippen LogP contribution in [-0.4, -0.2) is 15.5 Å². The summed E-state index contributed by atoms with van der Waals surface area (Å²) in [6.07, 6.45) is 0. The van der Waals surface area contributed by atoms with Gasteiger partial charge in [-0.2, -0.15) is 0 Å². The topological polar surface area (TPSA) is 86.9 Å². The number of rotatable bonds is 2. The fraction of sp³-hybridized carbons (Fsp3) is 0.200. The Bertz CT molecular complexity index is 529. The zero-order chi connectivity index (χ0) is 11.0. The van der Waals surface area contributed by atoms with Crippen LogP contribution >= 0.6 is 0 Å². The van der Waals surface area contributed by atoms with Gasteiger partial charge < -0.3 is 16.0 Å². The Kier molecular flexibility index (Phi) is 2.07. The number of hydrogen-bond donors (Lipinski definition) is 2. The first-order valence-corrected chi connectivity index (χ1v) is 4.59. The molecule has 0 spiro atoms. The van der Waals surface area contributed by atoms with Crippen LogP contribution in [0.2, 0.25) is 0 Å². The van der Waals surface area contributed by atoms with E-state index in [4.69, 9.17) is 11.5 Å². The molecule has 0 unspecified atom stereocenters. The predicted molar refractivity (Wildman–Crippen MR) is 58.1 cm³/mol. The third-order valence-electron chi connectivity index (χ3n) is 2.31. The van der Waals surface area contributed by atoms with Gasteiger partial charge in [-0.3, -0.25) is 4.79 Å². The van der Waals surface area contributed by atoms with E-state index < -0.39 is 0 Å². The standard InChI is InChI=1S/C10H12N4O/c1-6-13-10-7(11)3-2-4-8(10)14(6)5-9(12)15/h2-4H,5,11H2,1H3,(H2,12,15). The minimum atomic E-state index is -0.389. The number of carbonyl (C=O) groups is 1. The normalized spacial score (nSPS) is 10.7. The highest BCUT2D eigenvalue weighted by Crippen LogP contribution is 2.21. The van der Waals surface area contributed by atoms with Gasteiger partial charge in [0.1, 0.15) is 17.9 Å². The number of amides is 1. The number of nitrogens with zero attached hydrogens (tertiary/aromatic N) is 2. The van der Waals surface area contributed by atoms with Crippen molar-refractivity contribution in [2.45, 2.75) is 13.5 Å². The summed E-state index contributed by atoms with van der Waals surface area (Å²) in [6, 6.07) is 5.48. The van der Waals surface area contributed by atoms with Crippen molar-refractivity contribution in [1.29, 1.82) is 0 Å². The van der Waals surface area contributed by atoms with Crippen molar-refractivity contribution < 1.29 is 4.79 Å². The first kappa shape index (κ1) is 9.51. The maximum Gasteiger partial charge on any atom is 0.237 e. The summed E-state index contributed by atoms with van der Waals surface area (Å²) in [4.78, 5) is 15.2. The molecule has 0 aliphatic carbocycles. The Labute approximate surface area is 86.7 Å². The first-order valence-electron chi connectivity index (χ1n) is 4.59. The van der Waals surface area contributed by atoms with Crippen LogP contribution in [0.1, 0.15) is 5.82 Å². The van der Waals surface area contributed by atoms with Gasteiger partial charge in [0.25, 0.3) is 0 Å². The van der Waals surface area contributed by atoms with E-state index in [1.54, 1.807) is 10.6 Å². The Morgan fingerprint density at radius 2 is 2.27 bits per heavy atom. The van der Waals surface area contributed by atoms with Gasteiger partial charge in [-0.15, -0.1) is 0 Å². The highest BCUT2D eigenvalue weighted by molar-refractivity contribution is 5.88. The summed E-state index contributed by atoms with van der Waals surface area (Å²) in [5.74, 6) is 0.349. The van der Waals surface area contributed by atoms with E-state index in [-0.39, 0.29) is 12.5 Å². The van der Waals surface area contributed by atoms with Crippen LogP contribution in [0.25, 0.3) is 11.0 Å². The van der Waals surface area contributed by atoms with Crippen molar-refractivity contribution in [1.82, 2.24) is 9.55 Å². The Balaban J connectivity index is 2.68. The van der Waals surface area contributed by atoms with Crippen LogP contribution in [0.3, 0.4) is 0 Å². The number of aromatic nitrogens is 2. The van der Waals surface area contributed by atoms with Crippen molar-refractivity contribution in [3.8, 4) is 0 Å². The molecular weight excluding hydrogens is 192 g/mol. The molecule has 0 aliphatic rings. The molecule has 2 aromatic rings. The minimum Gasteiger partial charge on any atom is -0.397 e. The molecule has 78 valence electrons. The molecule has 1 aromatic carbocycles. The summed E-state index contributed by atoms with van der Waals surface area (Å²) in [5.41, 5.74) is 13.1. The molecule has 4 N–H and O–H groups in total. The SMILES string of the molecule is Cc1nc2c(N)cccc2n1CC(N)=O. The van der Waals surface area contributed by atoms with Crippen LogP contribution in [0, 0.1) is 6.92 Å². The second kappa shape index (κ2) is 3.27. The molecule has 0 atom stereocenters.